The highest BCUT2D eigenvalue weighted by Gasteiger charge is 2.39. The molecule has 3 nitrogen and oxygen atoms in total. The van der Waals surface area contributed by atoms with Gasteiger partial charge in [-0.15, -0.1) is 0 Å². The highest BCUT2D eigenvalue weighted by molar-refractivity contribution is 5.77. The summed E-state index contributed by atoms with van der Waals surface area (Å²) in [6.07, 6.45) is 3.20. The zero-order valence-corrected chi connectivity index (χ0v) is 17.5. The smallest absolute Gasteiger partial charge is 0.222 e. The van der Waals surface area contributed by atoms with Crippen LogP contribution in [0.2, 0.25) is 0 Å². The maximum atomic E-state index is 14.0. The topological polar surface area (TPSA) is 23.6 Å². The first-order valence-corrected chi connectivity index (χ1v) is 10.8. The number of likely N-dealkylation sites (tertiary alicyclic amines) is 2. The number of piperidine rings is 2. The van der Waals surface area contributed by atoms with Crippen LogP contribution in [0.1, 0.15) is 41.5 Å². The Morgan fingerprint density at radius 2 is 1.90 bits per heavy atom. The van der Waals surface area contributed by atoms with Crippen molar-refractivity contribution in [2.24, 2.45) is 5.92 Å². The Balaban J connectivity index is 1.40. The molecule has 0 bridgehead atoms. The van der Waals surface area contributed by atoms with E-state index in [4.69, 9.17) is 0 Å². The minimum atomic E-state index is -0.170. The van der Waals surface area contributed by atoms with Crippen LogP contribution in [0.15, 0.2) is 42.5 Å². The molecule has 0 unspecified atom stereocenters. The summed E-state index contributed by atoms with van der Waals surface area (Å²) in [6.45, 7) is 8.00. The molecule has 0 aliphatic carbocycles. The van der Waals surface area contributed by atoms with Gasteiger partial charge in [-0.25, -0.2) is 4.39 Å². The van der Waals surface area contributed by atoms with Gasteiger partial charge in [0.1, 0.15) is 5.82 Å². The number of rotatable bonds is 5. The van der Waals surface area contributed by atoms with Gasteiger partial charge in [0.2, 0.25) is 5.91 Å². The van der Waals surface area contributed by atoms with Crippen molar-refractivity contribution in [2.75, 3.05) is 19.6 Å². The average Bonchev–Trinajstić information content (AvgIpc) is 2.71. The van der Waals surface area contributed by atoms with Gasteiger partial charge >= 0.3 is 0 Å². The van der Waals surface area contributed by atoms with Gasteiger partial charge in [-0.05, 0) is 61.8 Å². The van der Waals surface area contributed by atoms with Crippen molar-refractivity contribution in [1.29, 1.82) is 0 Å². The Morgan fingerprint density at radius 3 is 2.72 bits per heavy atom. The molecule has 0 aromatic heterocycles. The number of hydrogen-bond donors (Lipinski definition) is 0. The first-order valence-electron chi connectivity index (χ1n) is 10.8. The molecule has 2 aromatic carbocycles. The van der Waals surface area contributed by atoms with Crippen LogP contribution >= 0.6 is 0 Å². The van der Waals surface area contributed by atoms with Gasteiger partial charge in [0.05, 0.1) is 0 Å². The number of carbonyl (C=O) groups is 1. The van der Waals surface area contributed by atoms with Gasteiger partial charge in [-0.3, -0.25) is 9.69 Å². The molecule has 2 saturated heterocycles. The van der Waals surface area contributed by atoms with Crippen LogP contribution in [0, 0.1) is 25.6 Å². The predicted octanol–water partition coefficient (Wildman–Crippen LogP) is 4.50. The van der Waals surface area contributed by atoms with E-state index >= 15 is 0 Å². The SMILES string of the molecule is Cc1ccc(C)c(CN2CC[C@H]3[C@H](CCC(=O)N3CCc3ccccc3F)C2)c1. The van der Waals surface area contributed by atoms with Crippen LogP contribution in [0.25, 0.3) is 0 Å². The molecule has 2 aliphatic heterocycles. The van der Waals surface area contributed by atoms with E-state index in [1.165, 1.54) is 22.8 Å². The minimum absolute atomic E-state index is 0.170. The van der Waals surface area contributed by atoms with Crippen molar-refractivity contribution >= 4 is 5.91 Å². The Morgan fingerprint density at radius 1 is 1.07 bits per heavy atom. The lowest BCUT2D eigenvalue weighted by Crippen LogP contribution is -2.56. The number of amides is 1. The number of hydrogen-bond acceptors (Lipinski definition) is 2. The monoisotopic (exact) mass is 394 g/mol. The van der Waals surface area contributed by atoms with E-state index in [1.807, 2.05) is 12.1 Å². The fraction of sp³-hybridized carbons (Fsp3) is 0.480. The number of benzene rings is 2. The predicted molar refractivity (Wildman–Crippen MR) is 114 cm³/mol. The maximum Gasteiger partial charge on any atom is 0.222 e. The summed E-state index contributed by atoms with van der Waals surface area (Å²) in [6, 6.07) is 13.9. The molecule has 4 rings (SSSR count). The van der Waals surface area contributed by atoms with Gasteiger partial charge in [0.25, 0.3) is 0 Å². The maximum absolute atomic E-state index is 14.0. The summed E-state index contributed by atoms with van der Waals surface area (Å²) in [5.74, 6) is 0.592. The van der Waals surface area contributed by atoms with E-state index in [2.05, 4.69) is 41.8 Å². The Kier molecular flexibility index (Phi) is 6.00. The van der Waals surface area contributed by atoms with Crippen molar-refractivity contribution in [3.8, 4) is 0 Å². The molecule has 154 valence electrons. The van der Waals surface area contributed by atoms with Crippen LogP contribution in [-0.2, 0) is 17.8 Å². The van der Waals surface area contributed by atoms with Gasteiger partial charge in [0.15, 0.2) is 0 Å². The molecule has 2 atom stereocenters. The Hall–Kier alpha value is -2.20. The second kappa shape index (κ2) is 8.66. The minimum Gasteiger partial charge on any atom is -0.339 e. The molecule has 0 N–H and O–H groups in total. The normalized spacial score (nSPS) is 22.6. The zero-order valence-electron chi connectivity index (χ0n) is 17.5. The molecule has 1 amide bonds. The van der Waals surface area contributed by atoms with Crippen molar-refractivity contribution in [3.63, 3.8) is 0 Å². The van der Waals surface area contributed by atoms with Crippen LogP contribution in [0.3, 0.4) is 0 Å². The third kappa shape index (κ3) is 4.53. The average molecular weight is 395 g/mol. The van der Waals surface area contributed by atoms with Gasteiger partial charge in [-0.2, -0.15) is 0 Å². The molecule has 0 saturated carbocycles. The first kappa shape index (κ1) is 20.1. The van der Waals surface area contributed by atoms with Gasteiger partial charge < -0.3 is 4.90 Å². The highest BCUT2D eigenvalue weighted by atomic mass is 19.1. The van der Waals surface area contributed by atoms with Crippen molar-refractivity contribution < 1.29 is 9.18 Å². The largest absolute Gasteiger partial charge is 0.339 e. The summed E-state index contributed by atoms with van der Waals surface area (Å²) in [4.78, 5) is 17.2. The summed E-state index contributed by atoms with van der Waals surface area (Å²) >= 11 is 0. The zero-order chi connectivity index (χ0) is 20.4. The van der Waals surface area contributed by atoms with E-state index in [0.29, 0.717) is 36.9 Å². The molecule has 4 heteroatoms. The van der Waals surface area contributed by atoms with E-state index in [-0.39, 0.29) is 11.7 Å². The highest BCUT2D eigenvalue weighted by Crippen LogP contribution is 2.32. The molecule has 2 heterocycles. The molecule has 2 aromatic rings. The van der Waals surface area contributed by atoms with Crippen molar-refractivity contribution in [1.82, 2.24) is 9.80 Å². The second-order valence-electron chi connectivity index (χ2n) is 8.75. The lowest BCUT2D eigenvalue weighted by Gasteiger charge is -2.47. The third-order valence-corrected chi connectivity index (χ3v) is 6.71. The lowest BCUT2D eigenvalue weighted by molar-refractivity contribution is -0.141. The molecule has 2 aliphatic rings. The second-order valence-corrected chi connectivity index (χ2v) is 8.75. The fourth-order valence-corrected chi connectivity index (χ4v) is 5.01. The summed E-state index contributed by atoms with van der Waals surface area (Å²) in [5, 5.41) is 0. The molecule has 0 spiro atoms. The Bertz CT molecular complexity index is 881. The lowest BCUT2D eigenvalue weighted by atomic mass is 9.83. The molecule has 0 radical (unpaired) electrons. The quantitative estimate of drug-likeness (QED) is 0.746. The molecule has 29 heavy (non-hydrogen) atoms. The number of carbonyl (C=O) groups excluding carboxylic acids is 1. The van der Waals surface area contributed by atoms with Crippen LogP contribution in [-0.4, -0.2) is 41.4 Å². The Labute approximate surface area is 173 Å². The summed E-state index contributed by atoms with van der Waals surface area (Å²) in [5.41, 5.74) is 4.77. The molecular formula is C25H31FN2O. The number of halogens is 1. The number of fused-ring (bicyclic) bond motifs is 1. The van der Waals surface area contributed by atoms with Gasteiger partial charge in [0, 0.05) is 38.6 Å². The van der Waals surface area contributed by atoms with Crippen molar-refractivity contribution in [2.45, 2.75) is 52.1 Å². The van der Waals surface area contributed by atoms with E-state index < -0.39 is 0 Å². The number of aryl methyl sites for hydroxylation is 2. The number of nitrogens with zero attached hydrogens (tertiary/aromatic N) is 2. The van der Waals surface area contributed by atoms with Crippen LogP contribution in [0.4, 0.5) is 4.39 Å². The third-order valence-electron chi connectivity index (χ3n) is 6.71. The standard InChI is InChI=1S/C25H31FN2O/c1-18-7-8-19(2)22(15-18)17-27-13-12-24-21(16-27)9-10-25(29)28(24)14-11-20-5-3-4-6-23(20)26/h3-8,15,21,24H,9-14,16-17H2,1-2H3/t21-,24+/m1/s1. The summed E-state index contributed by atoms with van der Waals surface area (Å²) in [7, 11) is 0. The molecule has 2 fully saturated rings. The first-order chi connectivity index (χ1) is 14.0. The van der Waals surface area contributed by atoms with Crippen LogP contribution < -0.4 is 0 Å². The fourth-order valence-electron chi connectivity index (χ4n) is 5.01. The summed E-state index contributed by atoms with van der Waals surface area (Å²) < 4.78 is 14.0. The van der Waals surface area contributed by atoms with Crippen molar-refractivity contribution in [3.05, 3.63) is 70.5 Å². The van der Waals surface area contributed by atoms with Crippen LogP contribution in [0.5, 0.6) is 0 Å². The van der Waals surface area contributed by atoms with E-state index in [1.54, 1.807) is 6.07 Å². The van der Waals surface area contributed by atoms with Gasteiger partial charge in [-0.1, -0.05) is 42.0 Å². The van der Waals surface area contributed by atoms with E-state index in [9.17, 15) is 9.18 Å². The molecular weight excluding hydrogens is 363 g/mol. The van der Waals surface area contributed by atoms with E-state index in [0.717, 1.165) is 32.5 Å².